The Kier molecular flexibility index (Phi) is 4.99. The van der Waals surface area contributed by atoms with E-state index in [0.717, 1.165) is 17.8 Å². The number of carbonyl (C=O) groups is 1. The number of hydrogen-bond donors (Lipinski definition) is 0. The van der Waals surface area contributed by atoms with Crippen LogP contribution in [-0.4, -0.2) is 49.0 Å². The first-order valence-electron chi connectivity index (χ1n) is 7.94. The van der Waals surface area contributed by atoms with Crippen LogP contribution in [0.3, 0.4) is 0 Å². The van der Waals surface area contributed by atoms with Gasteiger partial charge in [0.15, 0.2) is 28.9 Å². The van der Waals surface area contributed by atoms with E-state index in [1.807, 2.05) is 0 Å². The fourth-order valence-electron chi connectivity index (χ4n) is 2.72. The normalized spacial score (nSPS) is 14.4. The summed E-state index contributed by atoms with van der Waals surface area (Å²) in [4.78, 5) is 25.3. The number of ketones is 1. The van der Waals surface area contributed by atoms with Crippen LogP contribution in [0.2, 0.25) is 0 Å². The molecule has 7 nitrogen and oxygen atoms in total. The van der Waals surface area contributed by atoms with Crippen LogP contribution in [-0.2, 0) is 4.74 Å². The smallest absolute Gasteiger partial charge is 0.252 e. The Morgan fingerprint density at radius 3 is 2.42 bits per heavy atom. The van der Waals surface area contributed by atoms with Gasteiger partial charge in [0.25, 0.3) is 5.43 Å². The van der Waals surface area contributed by atoms with Gasteiger partial charge in [0.1, 0.15) is 5.69 Å². The van der Waals surface area contributed by atoms with Gasteiger partial charge >= 0.3 is 0 Å². The third-order valence-corrected chi connectivity index (χ3v) is 4.08. The molecule has 0 spiro atoms. The molecule has 0 atom stereocenters. The van der Waals surface area contributed by atoms with E-state index in [1.54, 1.807) is 4.90 Å². The minimum Gasteiger partial charge on any atom is -0.491 e. The summed E-state index contributed by atoms with van der Waals surface area (Å²) in [7, 11) is 1.24. The van der Waals surface area contributed by atoms with Gasteiger partial charge in [-0.3, -0.25) is 9.59 Å². The molecule has 1 aromatic heterocycles. The van der Waals surface area contributed by atoms with Crippen LogP contribution in [0.1, 0.15) is 17.4 Å². The largest absolute Gasteiger partial charge is 0.491 e. The number of aromatic nitrogens is 2. The zero-order chi connectivity index (χ0) is 18.8. The highest BCUT2D eigenvalue weighted by atomic mass is 19.2. The van der Waals surface area contributed by atoms with Crippen molar-refractivity contribution in [3.05, 3.63) is 45.9 Å². The fourth-order valence-corrected chi connectivity index (χ4v) is 2.72. The van der Waals surface area contributed by atoms with E-state index in [2.05, 4.69) is 5.10 Å². The minimum atomic E-state index is -1.14. The molecule has 1 aliphatic heterocycles. The van der Waals surface area contributed by atoms with Gasteiger partial charge in [-0.2, -0.15) is 5.10 Å². The third kappa shape index (κ3) is 3.17. The molecule has 0 N–H and O–H groups in total. The summed E-state index contributed by atoms with van der Waals surface area (Å²) in [6.45, 7) is 2.93. The monoisotopic (exact) mass is 365 g/mol. The summed E-state index contributed by atoms with van der Waals surface area (Å²) in [5.74, 6) is -2.97. The van der Waals surface area contributed by atoms with Gasteiger partial charge in [0.05, 0.1) is 32.2 Å². The van der Waals surface area contributed by atoms with Gasteiger partial charge in [-0.05, 0) is 12.1 Å². The summed E-state index contributed by atoms with van der Waals surface area (Å²) in [5, 5.41) is 3.83. The van der Waals surface area contributed by atoms with Crippen LogP contribution in [0, 0.1) is 11.6 Å². The molecule has 0 aliphatic carbocycles. The molecule has 1 fully saturated rings. The number of carbonyl (C=O) groups excluding carboxylic acids is 1. The highest BCUT2D eigenvalue weighted by Gasteiger charge is 2.22. The zero-order valence-corrected chi connectivity index (χ0v) is 14.3. The molecule has 0 amide bonds. The molecule has 1 aliphatic rings. The second-order valence-electron chi connectivity index (χ2n) is 5.71. The standard InChI is InChI=1S/C17H17F2N3O4/c1-10(23)16-17(24)13(25-2)9-22(20-16)12-4-3-11(14(18)15(12)19)21-5-7-26-8-6-21/h3-4,9H,5-8H2,1-2H3. The Balaban J connectivity index is 2.10. The van der Waals surface area contributed by atoms with Crippen molar-refractivity contribution in [2.75, 3.05) is 38.3 Å². The van der Waals surface area contributed by atoms with Crippen molar-refractivity contribution in [1.82, 2.24) is 9.78 Å². The maximum absolute atomic E-state index is 14.7. The van der Waals surface area contributed by atoms with Crippen LogP contribution in [0.5, 0.6) is 5.75 Å². The highest BCUT2D eigenvalue weighted by molar-refractivity contribution is 5.92. The number of ether oxygens (including phenoxy) is 2. The number of nitrogens with zero attached hydrogens (tertiary/aromatic N) is 3. The van der Waals surface area contributed by atoms with Gasteiger partial charge in [0.2, 0.25) is 0 Å². The number of benzene rings is 1. The van der Waals surface area contributed by atoms with Crippen LogP contribution in [0.15, 0.2) is 23.1 Å². The predicted octanol–water partition coefficient (Wildman–Crippen LogP) is 1.56. The van der Waals surface area contributed by atoms with E-state index in [4.69, 9.17) is 9.47 Å². The lowest BCUT2D eigenvalue weighted by atomic mass is 10.2. The topological polar surface area (TPSA) is 73.7 Å². The molecule has 26 heavy (non-hydrogen) atoms. The lowest BCUT2D eigenvalue weighted by molar-refractivity contribution is 0.100. The lowest BCUT2D eigenvalue weighted by Crippen LogP contribution is -2.37. The molecule has 2 heterocycles. The number of anilines is 1. The summed E-state index contributed by atoms with van der Waals surface area (Å²) in [6, 6.07) is 2.77. The number of hydrogen-bond acceptors (Lipinski definition) is 6. The number of methoxy groups -OCH3 is 1. The van der Waals surface area contributed by atoms with Crippen molar-refractivity contribution < 1.29 is 23.0 Å². The second-order valence-corrected chi connectivity index (χ2v) is 5.71. The molecule has 0 bridgehead atoms. The number of morpholine rings is 1. The Morgan fingerprint density at radius 1 is 1.19 bits per heavy atom. The number of halogens is 2. The number of rotatable bonds is 4. The van der Waals surface area contributed by atoms with Crippen molar-refractivity contribution in [2.45, 2.75) is 6.92 Å². The first-order valence-corrected chi connectivity index (χ1v) is 7.94. The van der Waals surface area contributed by atoms with Crippen LogP contribution in [0.25, 0.3) is 5.69 Å². The van der Waals surface area contributed by atoms with E-state index >= 15 is 0 Å². The summed E-state index contributed by atoms with van der Waals surface area (Å²) >= 11 is 0. The molecule has 0 saturated carbocycles. The third-order valence-electron chi connectivity index (χ3n) is 4.08. The second kappa shape index (κ2) is 7.20. The van der Waals surface area contributed by atoms with E-state index in [-0.39, 0.29) is 17.1 Å². The number of Topliss-reactive ketones (excluding diaryl/α,β-unsaturated/α-hetero) is 1. The van der Waals surface area contributed by atoms with E-state index < -0.39 is 28.5 Å². The van der Waals surface area contributed by atoms with Crippen LogP contribution >= 0.6 is 0 Å². The molecule has 9 heteroatoms. The molecule has 2 aromatic rings. The molecule has 138 valence electrons. The molecule has 0 unspecified atom stereocenters. The van der Waals surface area contributed by atoms with Crippen molar-refractivity contribution in [1.29, 1.82) is 0 Å². The Labute approximate surface area is 147 Å². The Morgan fingerprint density at radius 2 is 1.81 bits per heavy atom. The van der Waals surface area contributed by atoms with E-state index in [9.17, 15) is 18.4 Å². The van der Waals surface area contributed by atoms with Gasteiger partial charge in [0, 0.05) is 20.0 Å². The van der Waals surface area contributed by atoms with Crippen molar-refractivity contribution >= 4 is 11.5 Å². The molecular formula is C17H17F2N3O4. The minimum absolute atomic E-state index is 0.120. The molecule has 3 rings (SSSR count). The molecular weight excluding hydrogens is 348 g/mol. The van der Waals surface area contributed by atoms with Gasteiger partial charge < -0.3 is 14.4 Å². The first kappa shape index (κ1) is 18.0. The summed E-state index contributed by atoms with van der Waals surface area (Å²) < 4.78 is 40.3. The maximum Gasteiger partial charge on any atom is 0.252 e. The van der Waals surface area contributed by atoms with Crippen LogP contribution < -0.4 is 15.1 Å². The van der Waals surface area contributed by atoms with Crippen molar-refractivity contribution in [2.24, 2.45) is 0 Å². The van der Waals surface area contributed by atoms with Crippen LogP contribution in [0.4, 0.5) is 14.5 Å². The van der Waals surface area contributed by atoms with Gasteiger partial charge in [-0.25, -0.2) is 13.5 Å². The lowest BCUT2D eigenvalue weighted by Gasteiger charge is -2.29. The van der Waals surface area contributed by atoms with E-state index in [1.165, 1.54) is 19.2 Å². The van der Waals surface area contributed by atoms with Crippen molar-refractivity contribution in [3.63, 3.8) is 0 Å². The predicted molar refractivity (Wildman–Crippen MR) is 89.3 cm³/mol. The Bertz CT molecular complexity index is 908. The Hall–Kier alpha value is -2.81. The zero-order valence-electron chi connectivity index (χ0n) is 14.3. The summed E-state index contributed by atoms with van der Waals surface area (Å²) in [5.41, 5.74) is -1.24. The quantitative estimate of drug-likeness (QED) is 0.766. The first-order chi connectivity index (χ1) is 12.4. The average molecular weight is 365 g/mol. The maximum atomic E-state index is 14.7. The molecule has 1 aromatic carbocycles. The van der Waals surface area contributed by atoms with Gasteiger partial charge in [-0.15, -0.1) is 0 Å². The van der Waals surface area contributed by atoms with E-state index in [0.29, 0.717) is 26.3 Å². The fraction of sp³-hybridized carbons (Fsp3) is 0.353. The average Bonchev–Trinajstić information content (AvgIpc) is 2.64. The highest BCUT2D eigenvalue weighted by Crippen LogP contribution is 2.27. The summed E-state index contributed by atoms with van der Waals surface area (Å²) in [6.07, 6.45) is 1.11. The molecule has 1 saturated heterocycles. The SMILES string of the molecule is COc1cn(-c2ccc(N3CCOCC3)c(F)c2F)nc(C(C)=O)c1=O. The van der Waals surface area contributed by atoms with Crippen molar-refractivity contribution in [3.8, 4) is 11.4 Å². The molecule has 0 radical (unpaired) electrons. The van der Waals surface area contributed by atoms with Gasteiger partial charge in [-0.1, -0.05) is 0 Å².